The molecule has 1 aromatic rings. The van der Waals surface area contributed by atoms with Gasteiger partial charge in [-0.2, -0.15) is 0 Å². The number of amides is 1. The van der Waals surface area contributed by atoms with E-state index in [0.717, 1.165) is 15.6 Å². The number of allylic oxidation sites excluding steroid dienone is 1. The van der Waals surface area contributed by atoms with E-state index in [1.807, 2.05) is 6.07 Å². The molecule has 0 atom stereocenters. The number of rotatable bonds is 3. The fourth-order valence-corrected chi connectivity index (χ4v) is 1.74. The lowest BCUT2D eigenvalue weighted by Gasteiger charge is -2.04. The van der Waals surface area contributed by atoms with Crippen molar-refractivity contribution in [3.05, 3.63) is 40.0 Å². The summed E-state index contributed by atoms with van der Waals surface area (Å²) in [5.74, 6) is -0.479. The molecule has 16 heavy (non-hydrogen) atoms. The van der Waals surface area contributed by atoms with Gasteiger partial charge in [0, 0.05) is 35.1 Å². The van der Waals surface area contributed by atoms with E-state index in [9.17, 15) is 4.79 Å². The first-order chi connectivity index (χ1) is 7.58. The molecule has 4 nitrogen and oxygen atoms in total. The zero-order chi connectivity index (χ0) is 12.1. The molecule has 4 N–H and O–H groups in total. The van der Waals surface area contributed by atoms with Crippen molar-refractivity contribution in [3.63, 3.8) is 0 Å². The minimum absolute atomic E-state index is 0.424. The molecule has 84 valence electrons. The molecule has 0 saturated carbocycles. The number of hydrogen-bond donors (Lipinski definition) is 2. The number of primary amides is 1. The molecule has 1 rings (SSSR count). The molecule has 1 amide bonds. The summed E-state index contributed by atoms with van der Waals surface area (Å²) in [6.07, 6.45) is 3.05. The second kappa shape index (κ2) is 5.46. The van der Waals surface area contributed by atoms with Gasteiger partial charge in [-0.3, -0.25) is 9.79 Å². The molecule has 0 bridgehead atoms. The molecule has 0 aliphatic rings. The van der Waals surface area contributed by atoms with Gasteiger partial charge in [0.1, 0.15) is 0 Å². The average Bonchev–Trinajstić information content (AvgIpc) is 2.24. The van der Waals surface area contributed by atoms with Gasteiger partial charge in [-0.05, 0) is 23.8 Å². The smallest absolute Gasteiger partial charge is 0.248 e. The van der Waals surface area contributed by atoms with Gasteiger partial charge >= 0.3 is 0 Å². The highest BCUT2D eigenvalue weighted by Gasteiger charge is 2.06. The Labute approximate surface area is 102 Å². The lowest BCUT2D eigenvalue weighted by atomic mass is 10.0. The second-order valence-corrected chi connectivity index (χ2v) is 4.02. The van der Waals surface area contributed by atoms with Crippen molar-refractivity contribution >= 4 is 33.6 Å². The third kappa shape index (κ3) is 2.93. The number of halogens is 1. The van der Waals surface area contributed by atoms with E-state index in [4.69, 9.17) is 11.5 Å². The van der Waals surface area contributed by atoms with E-state index in [-0.39, 0.29) is 0 Å². The predicted octanol–water partition coefficient (Wildman–Crippen LogP) is 1.55. The van der Waals surface area contributed by atoms with E-state index in [2.05, 4.69) is 20.9 Å². The van der Waals surface area contributed by atoms with Gasteiger partial charge in [0.05, 0.1) is 0 Å². The molecular weight excluding hydrogens is 270 g/mol. The first-order valence-corrected chi connectivity index (χ1v) is 5.32. The van der Waals surface area contributed by atoms with Crippen molar-refractivity contribution in [1.29, 1.82) is 0 Å². The molecule has 0 heterocycles. The monoisotopic (exact) mass is 281 g/mol. The molecule has 1 aromatic carbocycles. The number of carbonyl (C=O) groups excluding carboxylic acids is 1. The minimum atomic E-state index is -0.479. The Morgan fingerprint density at radius 3 is 2.50 bits per heavy atom. The Hall–Kier alpha value is -1.62. The summed E-state index contributed by atoms with van der Waals surface area (Å²) in [5.41, 5.74) is 12.6. The predicted molar refractivity (Wildman–Crippen MR) is 69.2 cm³/mol. The highest BCUT2D eigenvalue weighted by molar-refractivity contribution is 9.10. The summed E-state index contributed by atoms with van der Waals surface area (Å²) in [7, 11) is 1.65. The molecule has 0 fully saturated rings. The zero-order valence-electron chi connectivity index (χ0n) is 8.77. The van der Waals surface area contributed by atoms with Crippen LogP contribution in [0.1, 0.15) is 15.9 Å². The Morgan fingerprint density at radius 2 is 2.00 bits per heavy atom. The fraction of sp³-hybridized carbons (Fsp3) is 0.0909. The van der Waals surface area contributed by atoms with Gasteiger partial charge in [-0.25, -0.2) is 0 Å². The lowest BCUT2D eigenvalue weighted by molar-refractivity contribution is 0.1000. The molecule has 0 aliphatic carbocycles. The second-order valence-electron chi connectivity index (χ2n) is 3.10. The van der Waals surface area contributed by atoms with Crippen LogP contribution >= 0.6 is 15.9 Å². The molecule has 0 aliphatic heterocycles. The van der Waals surface area contributed by atoms with E-state index in [1.54, 1.807) is 25.4 Å². The minimum Gasteiger partial charge on any atom is -0.404 e. The highest BCUT2D eigenvalue weighted by atomic mass is 79.9. The molecule has 0 spiro atoms. The van der Waals surface area contributed by atoms with Crippen LogP contribution in [0, 0.1) is 0 Å². The maximum atomic E-state index is 11.1. The Kier molecular flexibility index (Phi) is 4.25. The Bertz CT molecular complexity index is 466. The van der Waals surface area contributed by atoms with E-state index in [1.165, 1.54) is 6.20 Å². The van der Waals surface area contributed by atoms with Crippen LogP contribution in [-0.4, -0.2) is 19.2 Å². The normalized spacial score (nSPS) is 12.0. The van der Waals surface area contributed by atoms with Crippen molar-refractivity contribution in [2.45, 2.75) is 0 Å². The largest absolute Gasteiger partial charge is 0.404 e. The van der Waals surface area contributed by atoms with Crippen molar-refractivity contribution in [1.82, 2.24) is 0 Å². The van der Waals surface area contributed by atoms with Crippen LogP contribution < -0.4 is 11.5 Å². The summed E-state index contributed by atoms with van der Waals surface area (Å²) < 4.78 is 0.766. The maximum absolute atomic E-state index is 11.1. The number of benzene rings is 1. The quantitative estimate of drug-likeness (QED) is 0.825. The number of nitrogens with two attached hydrogens (primary N) is 2. The highest BCUT2D eigenvalue weighted by Crippen LogP contribution is 2.20. The van der Waals surface area contributed by atoms with Crippen LogP contribution in [0.15, 0.2) is 33.9 Å². The third-order valence-corrected chi connectivity index (χ3v) is 2.42. The van der Waals surface area contributed by atoms with E-state index in [0.29, 0.717) is 5.56 Å². The first-order valence-electron chi connectivity index (χ1n) is 4.53. The molecule has 0 radical (unpaired) electrons. The van der Waals surface area contributed by atoms with Crippen molar-refractivity contribution in [3.8, 4) is 0 Å². The molecule has 5 heteroatoms. The SMILES string of the molecule is CN=C/C(=C\N)c1cc(Br)cc(C(N)=O)c1. The lowest BCUT2D eigenvalue weighted by Crippen LogP contribution is -2.11. The molecule has 0 unspecified atom stereocenters. The average molecular weight is 282 g/mol. The number of aliphatic imine (C=N–C) groups is 1. The van der Waals surface area contributed by atoms with Crippen LogP contribution in [0.5, 0.6) is 0 Å². The summed E-state index contributed by atoms with van der Waals surface area (Å²) in [4.78, 5) is 15.0. The van der Waals surface area contributed by atoms with Gasteiger partial charge in [-0.1, -0.05) is 15.9 Å². The van der Waals surface area contributed by atoms with Gasteiger partial charge in [0.2, 0.25) is 5.91 Å². The number of carbonyl (C=O) groups is 1. The maximum Gasteiger partial charge on any atom is 0.248 e. The Morgan fingerprint density at radius 1 is 1.38 bits per heavy atom. The molecule has 0 saturated heterocycles. The first kappa shape index (κ1) is 12.4. The van der Waals surface area contributed by atoms with Gasteiger partial charge in [0.25, 0.3) is 0 Å². The van der Waals surface area contributed by atoms with Crippen LogP contribution in [0.2, 0.25) is 0 Å². The Balaban J connectivity index is 3.29. The van der Waals surface area contributed by atoms with E-state index >= 15 is 0 Å². The van der Waals surface area contributed by atoms with Crippen molar-refractivity contribution < 1.29 is 4.79 Å². The number of hydrogen-bond acceptors (Lipinski definition) is 3. The van der Waals surface area contributed by atoms with Crippen LogP contribution in [0.25, 0.3) is 5.57 Å². The van der Waals surface area contributed by atoms with Crippen LogP contribution in [0.3, 0.4) is 0 Å². The van der Waals surface area contributed by atoms with E-state index < -0.39 is 5.91 Å². The zero-order valence-corrected chi connectivity index (χ0v) is 10.4. The number of nitrogens with zero attached hydrogens (tertiary/aromatic N) is 1. The summed E-state index contributed by atoms with van der Waals surface area (Å²) in [6, 6.07) is 5.17. The van der Waals surface area contributed by atoms with Crippen LogP contribution in [0.4, 0.5) is 0 Å². The fourth-order valence-electron chi connectivity index (χ4n) is 1.25. The molecule has 0 aromatic heterocycles. The van der Waals surface area contributed by atoms with Crippen molar-refractivity contribution in [2.75, 3.05) is 7.05 Å². The summed E-state index contributed by atoms with van der Waals surface area (Å²) in [6.45, 7) is 0. The van der Waals surface area contributed by atoms with Crippen LogP contribution in [-0.2, 0) is 0 Å². The van der Waals surface area contributed by atoms with Gasteiger partial charge in [0.15, 0.2) is 0 Å². The van der Waals surface area contributed by atoms with Gasteiger partial charge in [-0.15, -0.1) is 0 Å². The summed E-state index contributed by atoms with van der Waals surface area (Å²) in [5, 5.41) is 0. The van der Waals surface area contributed by atoms with Crippen molar-refractivity contribution in [2.24, 2.45) is 16.5 Å². The topological polar surface area (TPSA) is 81.5 Å². The van der Waals surface area contributed by atoms with Gasteiger partial charge < -0.3 is 11.5 Å². The molecular formula is C11H12BrN3O. The third-order valence-electron chi connectivity index (χ3n) is 1.96. The standard InChI is InChI=1S/C11H12BrN3O/c1-15-6-9(5-13)7-2-8(11(14)16)4-10(12)3-7/h2-6H,13H2,1H3,(H2,14,16)/b9-5+,15-6?. The summed E-state index contributed by atoms with van der Waals surface area (Å²) >= 11 is 3.31.